The molecular weight excluding hydrogens is 287 g/mol. The molecule has 1 rings (SSSR count). The summed E-state index contributed by atoms with van der Waals surface area (Å²) in [6.07, 6.45) is -0.569. The fourth-order valence-electron chi connectivity index (χ4n) is 1.71. The second-order valence-electron chi connectivity index (χ2n) is 4.54. The van der Waals surface area contributed by atoms with Crippen molar-refractivity contribution in [2.24, 2.45) is 0 Å². The molecule has 2 unspecified atom stereocenters. The van der Waals surface area contributed by atoms with Crippen molar-refractivity contribution in [2.45, 2.75) is 26.0 Å². The minimum absolute atomic E-state index is 0.266. The molecule has 19 heavy (non-hydrogen) atoms. The van der Waals surface area contributed by atoms with Crippen LogP contribution < -0.4 is 5.32 Å². The van der Waals surface area contributed by atoms with E-state index in [1.807, 2.05) is 13.0 Å². The first kappa shape index (κ1) is 16.1. The van der Waals surface area contributed by atoms with Crippen molar-refractivity contribution in [3.05, 3.63) is 33.8 Å². The fraction of sp³-hybridized carbons (Fsp3) is 0.462. The number of nitrogens with zero attached hydrogens (tertiary/aromatic N) is 1. The number of halogens is 2. The van der Waals surface area contributed by atoms with Crippen LogP contribution in [0.2, 0.25) is 10.0 Å². The standard InChI is InChI=1S/C13H18Cl2N2O2/c1-8(18)7-17(3)13(19)16-9(2)10-5-4-6-11(14)12(10)15/h4-6,8-9,18H,7H2,1-3H3,(H,16,19). The Hall–Kier alpha value is -0.970. The van der Waals surface area contributed by atoms with Crippen molar-refractivity contribution < 1.29 is 9.90 Å². The molecule has 0 fully saturated rings. The Balaban J connectivity index is 2.71. The van der Waals surface area contributed by atoms with Crippen LogP contribution in [0.4, 0.5) is 4.79 Å². The Morgan fingerprint density at radius 2 is 2.05 bits per heavy atom. The maximum absolute atomic E-state index is 11.9. The summed E-state index contributed by atoms with van der Waals surface area (Å²) in [5.41, 5.74) is 0.757. The van der Waals surface area contributed by atoms with Crippen molar-refractivity contribution in [3.63, 3.8) is 0 Å². The Labute approximate surface area is 123 Å². The molecule has 6 heteroatoms. The number of carbonyl (C=O) groups excluding carboxylic acids is 1. The van der Waals surface area contributed by atoms with E-state index in [1.165, 1.54) is 4.90 Å². The second kappa shape index (κ2) is 6.98. The molecule has 0 aromatic heterocycles. The summed E-state index contributed by atoms with van der Waals surface area (Å²) in [5, 5.41) is 12.9. The number of urea groups is 1. The summed E-state index contributed by atoms with van der Waals surface area (Å²) in [7, 11) is 1.62. The summed E-state index contributed by atoms with van der Waals surface area (Å²) >= 11 is 12.0. The maximum atomic E-state index is 11.9. The minimum atomic E-state index is -0.569. The van der Waals surface area contributed by atoms with Crippen LogP contribution >= 0.6 is 23.2 Å². The molecule has 0 radical (unpaired) electrons. The molecule has 2 N–H and O–H groups in total. The molecule has 1 aromatic rings. The molecule has 0 saturated heterocycles. The van der Waals surface area contributed by atoms with Crippen molar-refractivity contribution >= 4 is 29.2 Å². The Morgan fingerprint density at radius 1 is 1.42 bits per heavy atom. The summed E-state index contributed by atoms with van der Waals surface area (Å²) < 4.78 is 0. The highest BCUT2D eigenvalue weighted by Gasteiger charge is 2.17. The van der Waals surface area contributed by atoms with Gasteiger partial charge in [-0.05, 0) is 25.5 Å². The van der Waals surface area contributed by atoms with Gasteiger partial charge in [-0.2, -0.15) is 0 Å². The number of benzene rings is 1. The molecule has 0 aliphatic heterocycles. The summed E-state index contributed by atoms with van der Waals surface area (Å²) in [6.45, 7) is 3.72. The Bertz CT molecular complexity index is 452. The van der Waals surface area contributed by atoms with Gasteiger partial charge >= 0.3 is 6.03 Å². The van der Waals surface area contributed by atoms with Gasteiger partial charge in [-0.25, -0.2) is 4.79 Å². The molecule has 2 amide bonds. The molecule has 4 nitrogen and oxygen atoms in total. The van der Waals surface area contributed by atoms with Gasteiger partial charge in [0.05, 0.1) is 22.2 Å². The lowest BCUT2D eigenvalue weighted by Crippen LogP contribution is -2.41. The Kier molecular flexibility index (Phi) is 5.91. The van der Waals surface area contributed by atoms with Gasteiger partial charge < -0.3 is 15.3 Å². The molecular formula is C13H18Cl2N2O2. The number of hydrogen-bond donors (Lipinski definition) is 2. The molecule has 0 spiro atoms. The van der Waals surface area contributed by atoms with E-state index in [2.05, 4.69) is 5.32 Å². The van der Waals surface area contributed by atoms with E-state index in [0.29, 0.717) is 10.0 Å². The molecule has 0 heterocycles. The van der Waals surface area contributed by atoms with Crippen molar-refractivity contribution in [3.8, 4) is 0 Å². The highest BCUT2D eigenvalue weighted by atomic mass is 35.5. The lowest BCUT2D eigenvalue weighted by atomic mass is 10.1. The summed E-state index contributed by atoms with van der Waals surface area (Å²) in [5.74, 6) is 0. The number of carbonyl (C=O) groups is 1. The molecule has 2 atom stereocenters. The van der Waals surface area contributed by atoms with Gasteiger partial charge in [-0.15, -0.1) is 0 Å². The number of nitrogens with one attached hydrogen (secondary N) is 1. The monoisotopic (exact) mass is 304 g/mol. The van der Waals surface area contributed by atoms with Crippen LogP contribution in [0.3, 0.4) is 0 Å². The lowest BCUT2D eigenvalue weighted by Gasteiger charge is -2.23. The fourth-order valence-corrected chi connectivity index (χ4v) is 2.18. The molecule has 0 bridgehead atoms. The first-order valence-electron chi connectivity index (χ1n) is 5.96. The number of amides is 2. The second-order valence-corrected chi connectivity index (χ2v) is 5.33. The molecule has 106 valence electrons. The SMILES string of the molecule is CC(O)CN(C)C(=O)NC(C)c1cccc(Cl)c1Cl. The largest absolute Gasteiger partial charge is 0.392 e. The van der Waals surface area contributed by atoms with Crippen LogP contribution in [0, 0.1) is 0 Å². The molecule has 0 aliphatic carbocycles. The average molecular weight is 305 g/mol. The van der Waals surface area contributed by atoms with Gasteiger partial charge in [0.2, 0.25) is 0 Å². The minimum Gasteiger partial charge on any atom is -0.392 e. The van der Waals surface area contributed by atoms with Crippen LogP contribution in [-0.4, -0.2) is 35.7 Å². The van der Waals surface area contributed by atoms with Crippen molar-refractivity contribution in [1.29, 1.82) is 0 Å². The molecule has 0 saturated carbocycles. The van der Waals surface area contributed by atoms with E-state index in [1.54, 1.807) is 26.1 Å². The van der Waals surface area contributed by atoms with E-state index in [9.17, 15) is 9.90 Å². The quantitative estimate of drug-likeness (QED) is 0.898. The van der Waals surface area contributed by atoms with Crippen LogP contribution in [0.25, 0.3) is 0 Å². The van der Waals surface area contributed by atoms with Gasteiger partial charge in [-0.3, -0.25) is 0 Å². The summed E-state index contributed by atoms with van der Waals surface area (Å²) in [6, 6.07) is 4.75. The topological polar surface area (TPSA) is 52.6 Å². The highest BCUT2D eigenvalue weighted by molar-refractivity contribution is 6.42. The first-order chi connectivity index (χ1) is 8.82. The smallest absolute Gasteiger partial charge is 0.317 e. The molecule has 0 aliphatic rings. The summed E-state index contributed by atoms with van der Waals surface area (Å²) in [4.78, 5) is 13.3. The third-order valence-corrected chi connectivity index (χ3v) is 3.51. The van der Waals surface area contributed by atoms with Crippen molar-refractivity contribution in [1.82, 2.24) is 10.2 Å². The zero-order valence-electron chi connectivity index (χ0n) is 11.2. The maximum Gasteiger partial charge on any atom is 0.317 e. The van der Waals surface area contributed by atoms with Crippen LogP contribution in [0.1, 0.15) is 25.5 Å². The Morgan fingerprint density at radius 3 is 2.63 bits per heavy atom. The van der Waals surface area contributed by atoms with Gasteiger partial charge in [0.15, 0.2) is 0 Å². The predicted molar refractivity (Wildman–Crippen MR) is 77.7 cm³/mol. The predicted octanol–water partition coefficient (Wildman–Crippen LogP) is 3.08. The van der Waals surface area contributed by atoms with Gasteiger partial charge in [-0.1, -0.05) is 35.3 Å². The number of aliphatic hydroxyl groups excluding tert-OH is 1. The number of rotatable bonds is 4. The van der Waals surface area contributed by atoms with E-state index in [0.717, 1.165) is 5.56 Å². The third kappa shape index (κ3) is 4.56. The van der Waals surface area contributed by atoms with Gasteiger partial charge in [0, 0.05) is 13.6 Å². The highest BCUT2D eigenvalue weighted by Crippen LogP contribution is 2.29. The van der Waals surface area contributed by atoms with Gasteiger partial charge in [0.25, 0.3) is 0 Å². The van der Waals surface area contributed by atoms with Crippen LogP contribution in [0.5, 0.6) is 0 Å². The first-order valence-corrected chi connectivity index (χ1v) is 6.72. The third-order valence-electron chi connectivity index (χ3n) is 2.67. The van der Waals surface area contributed by atoms with Gasteiger partial charge in [0.1, 0.15) is 0 Å². The van der Waals surface area contributed by atoms with E-state index >= 15 is 0 Å². The normalized spacial score (nSPS) is 13.8. The molecule has 1 aromatic carbocycles. The lowest BCUT2D eigenvalue weighted by molar-refractivity contribution is 0.142. The van der Waals surface area contributed by atoms with E-state index in [-0.39, 0.29) is 18.6 Å². The average Bonchev–Trinajstić information content (AvgIpc) is 2.31. The number of aliphatic hydroxyl groups is 1. The van der Waals surface area contributed by atoms with Crippen LogP contribution in [-0.2, 0) is 0 Å². The number of hydrogen-bond acceptors (Lipinski definition) is 2. The zero-order valence-corrected chi connectivity index (χ0v) is 12.7. The van der Waals surface area contributed by atoms with Crippen LogP contribution in [0.15, 0.2) is 18.2 Å². The zero-order chi connectivity index (χ0) is 14.6. The number of likely N-dealkylation sites (N-methyl/N-ethyl adjacent to an activating group) is 1. The van der Waals surface area contributed by atoms with E-state index in [4.69, 9.17) is 23.2 Å². The van der Waals surface area contributed by atoms with E-state index < -0.39 is 6.10 Å². The van der Waals surface area contributed by atoms with Crippen molar-refractivity contribution in [2.75, 3.05) is 13.6 Å².